The molecule has 2 aromatic carbocycles. The third-order valence-corrected chi connectivity index (χ3v) is 5.72. The summed E-state index contributed by atoms with van der Waals surface area (Å²) in [6.45, 7) is 4.09. The summed E-state index contributed by atoms with van der Waals surface area (Å²) in [5.41, 5.74) is 4.38. The Morgan fingerprint density at radius 1 is 1.06 bits per heavy atom. The van der Waals surface area contributed by atoms with Crippen molar-refractivity contribution in [2.45, 2.75) is 26.3 Å². The SMILES string of the molecule is COc1ccc(CNC(=O)[C@H]2CCCN(c3ncc(-c4ccc(C)cc4)cn3)C2)cc1. The van der Waals surface area contributed by atoms with Crippen LogP contribution in [0.25, 0.3) is 11.1 Å². The molecule has 0 unspecified atom stereocenters. The van der Waals surface area contributed by atoms with Crippen LogP contribution in [-0.2, 0) is 11.3 Å². The Labute approximate surface area is 183 Å². The number of aryl methyl sites for hydroxylation is 1. The van der Waals surface area contributed by atoms with Crippen LogP contribution in [0.15, 0.2) is 60.9 Å². The van der Waals surface area contributed by atoms with Gasteiger partial charge in [0.05, 0.1) is 13.0 Å². The second kappa shape index (κ2) is 9.60. The highest BCUT2D eigenvalue weighted by Crippen LogP contribution is 2.23. The molecule has 6 heteroatoms. The zero-order valence-electron chi connectivity index (χ0n) is 18.0. The molecule has 4 rings (SSSR count). The number of benzene rings is 2. The normalized spacial score (nSPS) is 16.1. The van der Waals surface area contributed by atoms with Crippen LogP contribution < -0.4 is 15.0 Å². The van der Waals surface area contributed by atoms with E-state index in [0.29, 0.717) is 19.0 Å². The lowest BCUT2D eigenvalue weighted by molar-refractivity contribution is -0.125. The minimum Gasteiger partial charge on any atom is -0.497 e. The van der Waals surface area contributed by atoms with Gasteiger partial charge in [0.2, 0.25) is 11.9 Å². The predicted molar refractivity (Wildman–Crippen MR) is 122 cm³/mol. The fourth-order valence-electron chi connectivity index (χ4n) is 3.83. The first kappa shape index (κ1) is 20.8. The molecule has 1 fully saturated rings. The number of ether oxygens (including phenoxy) is 1. The number of nitrogens with zero attached hydrogens (tertiary/aromatic N) is 3. The van der Waals surface area contributed by atoms with Crippen LogP contribution in [-0.4, -0.2) is 36.1 Å². The number of hydrogen-bond donors (Lipinski definition) is 1. The average Bonchev–Trinajstić information content (AvgIpc) is 2.83. The maximum absolute atomic E-state index is 12.7. The zero-order valence-corrected chi connectivity index (χ0v) is 18.0. The van der Waals surface area contributed by atoms with Crippen molar-refractivity contribution in [1.29, 1.82) is 0 Å². The second-order valence-corrected chi connectivity index (χ2v) is 7.99. The highest BCUT2D eigenvalue weighted by Gasteiger charge is 2.27. The van der Waals surface area contributed by atoms with Crippen LogP contribution in [0.2, 0.25) is 0 Å². The molecule has 6 nitrogen and oxygen atoms in total. The molecule has 0 aliphatic carbocycles. The van der Waals surface area contributed by atoms with Gasteiger partial charge >= 0.3 is 0 Å². The maximum Gasteiger partial charge on any atom is 0.225 e. The Balaban J connectivity index is 1.35. The third-order valence-electron chi connectivity index (χ3n) is 5.72. The first-order valence-corrected chi connectivity index (χ1v) is 10.7. The van der Waals surface area contributed by atoms with Crippen molar-refractivity contribution in [2.75, 3.05) is 25.1 Å². The lowest BCUT2D eigenvalue weighted by atomic mass is 9.97. The van der Waals surface area contributed by atoms with Crippen molar-refractivity contribution in [1.82, 2.24) is 15.3 Å². The molecule has 2 heterocycles. The predicted octanol–water partition coefficient (Wildman–Crippen LogP) is 3.99. The van der Waals surface area contributed by atoms with E-state index in [9.17, 15) is 4.79 Å². The average molecular weight is 417 g/mol. The van der Waals surface area contributed by atoms with Gasteiger partial charge in [-0.25, -0.2) is 9.97 Å². The second-order valence-electron chi connectivity index (χ2n) is 7.99. The molecule has 1 amide bonds. The highest BCUT2D eigenvalue weighted by molar-refractivity contribution is 5.79. The number of carbonyl (C=O) groups is 1. The van der Waals surface area contributed by atoms with E-state index in [1.807, 2.05) is 36.7 Å². The fraction of sp³-hybridized carbons (Fsp3) is 0.320. The van der Waals surface area contributed by atoms with Gasteiger partial charge in [0, 0.05) is 37.6 Å². The number of rotatable bonds is 6. The molecule has 3 aromatic rings. The van der Waals surface area contributed by atoms with Gasteiger partial charge in [-0.2, -0.15) is 0 Å². The Bertz CT molecular complexity index is 1000. The summed E-state index contributed by atoms with van der Waals surface area (Å²) in [7, 11) is 1.64. The van der Waals surface area contributed by atoms with E-state index >= 15 is 0 Å². The molecule has 0 saturated carbocycles. The van der Waals surface area contributed by atoms with E-state index in [2.05, 4.69) is 51.4 Å². The van der Waals surface area contributed by atoms with Crippen LogP contribution in [0.3, 0.4) is 0 Å². The number of carbonyl (C=O) groups excluding carboxylic acids is 1. The fourth-order valence-corrected chi connectivity index (χ4v) is 3.83. The van der Waals surface area contributed by atoms with Crippen molar-refractivity contribution in [3.63, 3.8) is 0 Å². The van der Waals surface area contributed by atoms with E-state index in [1.165, 1.54) is 5.56 Å². The molecule has 0 bridgehead atoms. The quantitative estimate of drug-likeness (QED) is 0.658. The summed E-state index contributed by atoms with van der Waals surface area (Å²) >= 11 is 0. The lowest BCUT2D eigenvalue weighted by Gasteiger charge is -2.32. The number of aromatic nitrogens is 2. The van der Waals surface area contributed by atoms with Crippen LogP contribution in [0.4, 0.5) is 5.95 Å². The van der Waals surface area contributed by atoms with E-state index in [1.54, 1.807) is 7.11 Å². The summed E-state index contributed by atoms with van der Waals surface area (Å²) in [4.78, 5) is 24.0. The smallest absolute Gasteiger partial charge is 0.225 e. The van der Waals surface area contributed by atoms with Crippen molar-refractivity contribution in [3.8, 4) is 16.9 Å². The van der Waals surface area contributed by atoms with Crippen molar-refractivity contribution < 1.29 is 9.53 Å². The Morgan fingerprint density at radius 3 is 2.45 bits per heavy atom. The van der Waals surface area contributed by atoms with Gasteiger partial charge in [0.25, 0.3) is 0 Å². The number of piperidine rings is 1. The molecular formula is C25H28N4O2. The largest absolute Gasteiger partial charge is 0.497 e. The van der Waals surface area contributed by atoms with Crippen LogP contribution in [0.5, 0.6) is 5.75 Å². The monoisotopic (exact) mass is 416 g/mol. The molecule has 0 radical (unpaired) electrons. The summed E-state index contributed by atoms with van der Waals surface area (Å²) in [6.07, 6.45) is 5.55. The van der Waals surface area contributed by atoms with E-state index < -0.39 is 0 Å². The van der Waals surface area contributed by atoms with Gasteiger partial charge in [-0.3, -0.25) is 4.79 Å². The zero-order chi connectivity index (χ0) is 21.6. The summed E-state index contributed by atoms with van der Waals surface area (Å²) in [6, 6.07) is 16.1. The third kappa shape index (κ3) is 5.20. The highest BCUT2D eigenvalue weighted by atomic mass is 16.5. The van der Waals surface area contributed by atoms with Crippen LogP contribution in [0, 0.1) is 12.8 Å². The van der Waals surface area contributed by atoms with E-state index in [4.69, 9.17) is 4.74 Å². The molecule has 1 aliphatic heterocycles. The summed E-state index contributed by atoms with van der Waals surface area (Å²) in [5.74, 6) is 1.51. The standard InChI is InChI=1S/C25H28N4O2/c1-18-5-9-20(10-6-18)22-15-27-25(28-16-22)29-13-3-4-21(17-29)24(30)26-14-19-7-11-23(31-2)12-8-19/h5-12,15-16,21H,3-4,13-14,17H2,1-2H3,(H,26,30)/t21-/m0/s1. The van der Waals surface area contributed by atoms with Gasteiger partial charge in [0.15, 0.2) is 0 Å². The number of nitrogens with one attached hydrogen (secondary N) is 1. The Hall–Kier alpha value is -3.41. The minimum absolute atomic E-state index is 0.0626. The molecule has 1 aliphatic rings. The topological polar surface area (TPSA) is 67.3 Å². The number of hydrogen-bond acceptors (Lipinski definition) is 5. The summed E-state index contributed by atoms with van der Waals surface area (Å²) < 4.78 is 5.18. The lowest BCUT2D eigenvalue weighted by Crippen LogP contribution is -2.43. The van der Waals surface area contributed by atoms with Crippen LogP contribution in [0.1, 0.15) is 24.0 Å². The number of anilines is 1. The van der Waals surface area contributed by atoms with Gasteiger partial charge in [-0.15, -0.1) is 0 Å². The molecule has 1 saturated heterocycles. The molecule has 0 spiro atoms. The van der Waals surface area contributed by atoms with Gasteiger partial charge in [-0.1, -0.05) is 42.0 Å². The molecule has 1 atom stereocenters. The molecule has 160 valence electrons. The number of amides is 1. The maximum atomic E-state index is 12.7. The first-order chi connectivity index (χ1) is 15.1. The first-order valence-electron chi connectivity index (χ1n) is 10.7. The Morgan fingerprint density at radius 2 is 1.77 bits per heavy atom. The summed E-state index contributed by atoms with van der Waals surface area (Å²) in [5, 5.41) is 3.07. The van der Waals surface area contributed by atoms with E-state index in [-0.39, 0.29) is 11.8 Å². The Kier molecular flexibility index (Phi) is 6.46. The van der Waals surface area contributed by atoms with Gasteiger partial charge < -0.3 is 15.0 Å². The molecular weight excluding hydrogens is 388 g/mol. The van der Waals surface area contributed by atoms with Crippen molar-refractivity contribution in [2.24, 2.45) is 5.92 Å². The van der Waals surface area contributed by atoms with Gasteiger partial charge in [0.1, 0.15) is 5.75 Å². The molecule has 1 N–H and O–H groups in total. The van der Waals surface area contributed by atoms with Crippen LogP contribution >= 0.6 is 0 Å². The minimum atomic E-state index is -0.0626. The van der Waals surface area contributed by atoms with Crippen molar-refractivity contribution in [3.05, 3.63) is 72.1 Å². The molecule has 1 aromatic heterocycles. The van der Waals surface area contributed by atoms with Gasteiger partial charge in [-0.05, 0) is 43.0 Å². The van der Waals surface area contributed by atoms with Crippen molar-refractivity contribution >= 4 is 11.9 Å². The number of methoxy groups -OCH3 is 1. The molecule has 31 heavy (non-hydrogen) atoms. The van der Waals surface area contributed by atoms with E-state index in [0.717, 1.165) is 41.8 Å².